The van der Waals surface area contributed by atoms with E-state index in [2.05, 4.69) is 24.5 Å². The van der Waals surface area contributed by atoms with E-state index < -0.39 is 23.9 Å². The Morgan fingerprint density at radius 1 is 1.42 bits per heavy atom. The highest BCUT2D eigenvalue weighted by atomic mass is 16.4. The first-order valence-electron chi connectivity index (χ1n) is 6.28. The van der Waals surface area contributed by atoms with Crippen LogP contribution in [0.25, 0.3) is 0 Å². The summed E-state index contributed by atoms with van der Waals surface area (Å²) >= 11 is 0. The zero-order chi connectivity index (χ0) is 14.6. The molecule has 0 heterocycles. The number of hydrogen-bond acceptors (Lipinski definition) is 3. The molecule has 7 heteroatoms. The molecule has 0 saturated heterocycles. The summed E-state index contributed by atoms with van der Waals surface area (Å²) in [7, 11) is 0. The summed E-state index contributed by atoms with van der Waals surface area (Å²) in [5.74, 6) is -1.33. The third kappa shape index (κ3) is 5.15. The Morgan fingerprint density at radius 3 is 2.42 bits per heavy atom. The van der Waals surface area contributed by atoms with Crippen LogP contribution in [0.1, 0.15) is 33.1 Å². The molecule has 2 unspecified atom stereocenters. The van der Waals surface area contributed by atoms with Gasteiger partial charge in [-0.25, -0.2) is 9.59 Å². The van der Waals surface area contributed by atoms with Crippen LogP contribution in [0.15, 0.2) is 0 Å². The van der Waals surface area contributed by atoms with E-state index in [0.29, 0.717) is 12.5 Å². The molecule has 5 N–H and O–H groups in total. The highest BCUT2D eigenvalue weighted by molar-refractivity contribution is 5.83. The number of amides is 3. The van der Waals surface area contributed by atoms with E-state index >= 15 is 0 Å². The number of nitrogens with two attached hydrogens (primary N) is 1. The van der Waals surface area contributed by atoms with Crippen molar-refractivity contribution in [3.8, 4) is 0 Å². The monoisotopic (exact) mass is 271 g/mol. The van der Waals surface area contributed by atoms with Crippen LogP contribution in [0.5, 0.6) is 0 Å². The van der Waals surface area contributed by atoms with E-state index in [0.717, 1.165) is 6.42 Å². The molecule has 1 aliphatic carbocycles. The molecule has 0 aliphatic heterocycles. The van der Waals surface area contributed by atoms with Gasteiger partial charge in [0.1, 0.15) is 6.04 Å². The summed E-state index contributed by atoms with van der Waals surface area (Å²) in [5.41, 5.74) is 5.20. The van der Waals surface area contributed by atoms with Crippen LogP contribution in [0.3, 0.4) is 0 Å². The van der Waals surface area contributed by atoms with E-state index in [4.69, 9.17) is 10.8 Å². The van der Waals surface area contributed by atoms with Crippen molar-refractivity contribution < 1.29 is 19.5 Å². The predicted octanol–water partition coefficient (Wildman–Crippen LogP) is 0.0504. The molecule has 108 valence electrons. The van der Waals surface area contributed by atoms with Crippen LogP contribution in [-0.4, -0.2) is 35.6 Å². The Balaban J connectivity index is 2.30. The number of carboxylic acid groups (broad SMARTS) is 1. The second-order valence-electron chi connectivity index (χ2n) is 5.64. The SMILES string of the molecule is CC1(C)CC1CNC(=O)NC(CCC(N)=O)C(=O)O. The van der Waals surface area contributed by atoms with Crippen molar-refractivity contribution in [1.29, 1.82) is 0 Å². The minimum atomic E-state index is -1.18. The maximum atomic E-state index is 11.5. The molecular weight excluding hydrogens is 250 g/mol. The first kappa shape index (κ1) is 15.3. The van der Waals surface area contributed by atoms with Gasteiger partial charge < -0.3 is 21.5 Å². The molecule has 1 rings (SSSR count). The van der Waals surface area contributed by atoms with Crippen LogP contribution >= 0.6 is 0 Å². The van der Waals surface area contributed by atoms with E-state index in [-0.39, 0.29) is 18.3 Å². The van der Waals surface area contributed by atoms with Gasteiger partial charge in [-0.3, -0.25) is 4.79 Å². The molecule has 0 aromatic heterocycles. The predicted molar refractivity (Wildman–Crippen MR) is 68.3 cm³/mol. The molecule has 0 aromatic rings. The van der Waals surface area contributed by atoms with E-state index in [1.807, 2.05) is 0 Å². The molecule has 19 heavy (non-hydrogen) atoms. The first-order chi connectivity index (χ1) is 8.72. The number of aliphatic carboxylic acids is 1. The number of primary amides is 1. The molecule has 2 atom stereocenters. The van der Waals surface area contributed by atoms with Gasteiger partial charge in [-0.2, -0.15) is 0 Å². The number of carbonyl (C=O) groups excluding carboxylic acids is 2. The maximum absolute atomic E-state index is 11.5. The van der Waals surface area contributed by atoms with Crippen molar-refractivity contribution in [2.24, 2.45) is 17.1 Å². The second kappa shape index (κ2) is 5.90. The van der Waals surface area contributed by atoms with Gasteiger partial charge in [0.05, 0.1) is 0 Å². The van der Waals surface area contributed by atoms with Crippen LogP contribution in [0, 0.1) is 11.3 Å². The van der Waals surface area contributed by atoms with Crippen molar-refractivity contribution >= 4 is 17.9 Å². The zero-order valence-corrected chi connectivity index (χ0v) is 11.2. The number of nitrogens with one attached hydrogen (secondary N) is 2. The lowest BCUT2D eigenvalue weighted by Gasteiger charge is -2.14. The number of urea groups is 1. The van der Waals surface area contributed by atoms with Gasteiger partial charge in [0, 0.05) is 13.0 Å². The lowest BCUT2D eigenvalue weighted by molar-refractivity contribution is -0.139. The number of rotatable bonds is 7. The third-order valence-corrected chi connectivity index (χ3v) is 3.51. The fourth-order valence-corrected chi connectivity index (χ4v) is 1.89. The van der Waals surface area contributed by atoms with Gasteiger partial charge >= 0.3 is 12.0 Å². The summed E-state index contributed by atoms with van der Waals surface area (Å²) in [6.45, 7) is 4.76. The average molecular weight is 271 g/mol. The van der Waals surface area contributed by atoms with Gasteiger partial charge in [-0.15, -0.1) is 0 Å². The van der Waals surface area contributed by atoms with Crippen molar-refractivity contribution in [2.45, 2.75) is 39.2 Å². The van der Waals surface area contributed by atoms with E-state index in [1.165, 1.54) is 0 Å². The topological polar surface area (TPSA) is 122 Å². The van der Waals surface area contributed by atoms with Crippen molar-refractivity contribution in [1.82, 2.24) is 10.6 Å². The number of carboxylic acids is 1. The normalized spacial score (nSPS) is 21.3. The fraction of sp³-hybridized carbons (Fsp3) is 0.750. The quantitative estimate of drug-likeness (QED) is 0.522. The molecule has 1 aliphatic rings. The summed E-state index contributed by atoms with van der Waals surface area (Å²) in [6.07, 6.45) is 0.969. The highest BCUT2D eigenvalue weighted by Crippen LogP contribution is 2.50. The van der Waals surface area contributed by atoms with E-state index in [9.17, 15) is 14.4 Å². The van der Waals surface area contributed by atoms with Gasteiger partial charge in [0.25, 0.3) is 0 Å². The zero-order valence-electron chi connectivity index (χ0n) is 11.2. The van der Waals surface area contributed by atoms with Crippen LogP contribution in [0.2, 0.25) is 0 Å². The smallest absolute Gasteiger partial charge is 0.326 e. The molecule has 0 aromatic carbocycles. The molecule has 1 fully saturated rings. The first-order valence-corrected chi connectivity index (χ1v) is 6.28. The molecule has 0 radical (unpaired) electrons. The lowest BCUT2D eigenvalue weighted by atomic mass is 10.1. The van der Waals surface area contributed by atoms with Gasteiger partial charge in [0.15, 0.2) is 0 Å². The Labute approximate surface area is 111 Å². The Kier molecular flexibility index (Phi) is 4.74. The van der Waals surface area contributed by atoms with Gasteiger partial charge in [-0.05, 0) is 24.2 Å². The van der Waals surface area contributed by atoms with Crippen molar-refractivity contribution in [3.05, 3.63) is 0 Å². The third-order valence-electron chi connectivity index (χ3n) is 3.51. The van der Waals surface area contributed by atoms with Crippen molar-refractivity contribution in [2.75, 3.05) is 6.54 Å². The Hall–Kier alpha value is -1.79. The molecule has 3 amide bonds. The van der Waals surface area contributed by atoms with Gasteiger partial charge in [0.2, 0.25) is 5.91 Å². The van der Waals surface area contributed by atoms with E-state index in [1.54, 1.807) is 0 Å². The highest BCUT2D eigenvalue weighted by Gasteiger charge is 2.45. The Morgan fingerprint density at radius 2 is 2.00 bits per heavy atom. The average Bonchev–Trinajstić information content (AvgIpc) is 2.89. The minimum Gasteiger partial charge on any atom is -0.480 e. The minimum absolute atomic E-state index is 0.00694. The second-order valence-corrected chi connectivity index (χ2v) is 5.64. The molecule has 7 nitrogen and oxygen atoms in total. The van der Waals surface area contributed by atoms with Gasteiger partial charge in [-0.1, -0.05) is 13.8 Å². The largest absolute Gasteiger partial charge is 0.480 e. The van der Waals surface area contributed by atoms with Crippen LogP contribution < -0.4 is 16.4 Å². The lowest BCUT2D eigenvalue weighted by Crippen LogP contribution is -2.46. The fourth-order valence-electron chi connectivity index (χ4n) is 1.89. The molecular formula is C12H21N3O4. The van der Waals surface area contributed by atoms with Crippen molar-refractivity contribution in [3.63, 3.8) is 0 Å². The number of hydrogen-bond donors (Lipinski definition) is 4. The maximum Gasteiger partial charge on any atom is 0.326 e. The summed E-state index contributed by atoms with van der Waals surface area (Å²) in [4.78, 5) is 33.1. The Bertz CT molecular complexity index is 381. The summed E-state index contributed by atoms with van der Waals surface area (Å²) < 4.78 is 0. The summed E-state index contributed by atoms with van der Waals surface area (Å²) in [5, 5.41) is 13.9. The summed E-state index contributed by atoms with van der Waals surface area (Å²) in [6, 6.07) is -1.63. The van der Waals surface area contributed by atoms with Crippen LogP contribution in [0.4, 0.5) is 4.79 Å². The molecule has 0 bridgehead atoms. The molecule has 1 saturated carbocycles. The van der Waals surface area contributed by atoms with Crippen LogP contribution in [-0.2, 0) is 9.59 Å². The standard InChI is InChI=1S/C12H21N3O4/c1-12(2)5-7(12)6-14-11(19)15-8(10(17)18)3-4-9(13)16/h7-8H,3-6H2,1-2H3,(H2,13,16)(H,17,18)(H2,14,15,19). The molecule has 0 spiro atoms. The number of carbonyl (C=O) groups is 3.